The highest BCUT2D eigenvalue weighted by molar-refractivity contribution is 7.98. The molecule has 1 aliphatic rings. The Balaban J connectivity index is 2.43. The number of esters is 1. The van der Waals surface area contributed by atoms with Gasteiger partial charge in [0.15, 0.2) is 11.5 Å². The van der Waals surface area contributed by atoms with Gasteiger partial charge in [0.1, 0.15) is 17.1 Å². The number of hydrogen-bond donors (Lipinski definition) is 1. The molecule has 0 fully saturated rings. The lowest BCUT2D eigenvalue weighted by atomic mass is 9.93. The summed E-state index contributed by atoms with van der Waals surface area (Å²) in [5, 5.41) is 2.95. The summed E-state index contributed by atoms with van der Waals surface area (Å²) in [5.41, 5.74) is 2.82. The fraction of sp³-hybridized carbons (Fsp3) is 0.348. The smallest absolute Gasteiger partial charge is 0.346 e. The molecule has 7 nitrogen and oxygen atoms in total. The minimum absolute atomic E-state index is 0.109. The third-order valence-corrected chi connectivity index (χ3v) is 6.21. The summed E-state index contributed by atoms with van der Waals surface area (Å²) in [6.45, 7) is 1.44. The van der Waals surface area contributed by atoms with Crippen molar-refractivity contribution in [3.8, 4) is 22.6 Å². The molecule has 170 valence electrons. The van der Waals surface area contributed by atoms with Gasteiger partial charge in [-0.3, -0.25) is 9.59 Å². The maximum atomic E-state index is 12.8. The third kappa shape index (κ3) is 4.56. The normalized spacial score (nSPS) is 14.5. The SMILES string of the molecule is COc1cc2c(c(OC)c1C(=O)OCCl)-c1ccc(SC)c(=O)cc1C(NC(C)=O)CC2. The molecule has 32 heavy (non-hydrogen) atoms. The van der Waals surface area contributed by atoms with Crippen LogP contribution in [0.2, 0.25) is 0 Å². The van der Waals surface area contributed by atoms with E-state index >= 15 is 0 Å². The number of halogens is 1. The zero-order valence-electron chi connectivity index (χ0n) is 18.2. The zero-order chi connectivity index (χ0) is 23.4. The predicted octanol–water partition coefficient (Wildman–Crippen LogP) is 3.93. The van der Waals surface area contributed by atoms with Gasteiger partial charge in [0.2, 0.25) is 5.91 Å². The first-order valence-electron chi connectivity index (χ1n) is 9.86. The number of ether oxygens (including phenoxy) is 3. The van der Waals surface area contributed by atoms with E-state index in [4.69, 9.17) is 25.8 Å². The Morgan fingerprint density at radius 1 is 1.22 bits per heavy atom. The van der Waals surface area contributed by atoms with Gasteiger partial charge >= 0.3 is 5.97 Å². The maximum absolute atomic E-state index is 12.8. The molecule has 0 aromatic heterocycles. The van der Waals surface area contributed by atoms with Gasteiger partial charge in [-0.05, 0) is 54.0 Å². The Bertz CT molecular complexity index is 1120. The first-order chi connectivity index (χ1) is 15.4. The highest BCUT2D eigenvalue weighted by atomic mass is 35.5. The second kappa shape index (κ2) is 10.3. The summed E-state index contributed by atoms with van der Waals surface area (Å²) in [6, 6.07) is 6.17. The summed E-state index contributed by atoms with van der Waals surface area (Å²) in [5.74, 6) is -0.324. The molecule has 1 atom stereocenters. The van der Waals surface area contributed by atoms with Crippen LogP contribution in [0.1, 0.15) is 40.9 Å². The lowest BCUT2D eigenvalue weighted by Crippen LogP contribution is -2.26. The van der Waals surface area contributed by atoms with Crippen LogP contribution in [0.25, 0.3) is 11.1 Å². The van der Waals surface area contributed by atoms with Crippen molar-refractivity contribution in [2.45, 2.75) is 30.7 Å². The molecule has 0 heterocycles. The second-order valence-electron chi connectivity index (χ2n) is 7.13. The Kier molecular flexibility index (Phi) is 7.69. The predicted molar refractivity (Wildman–Crippen MR) is 124 cm³/mol. The van der Waals surface area contributed by atoms with E-state index in [1.54, 1.807) is 18.2 Å². The number of alkyl halides is 1. The van der Waals surface area contributed by atoms with E-state index in [1.807, 2.05) is 12.3 Å². The number of benzene rings is 1. The van der Waals surface area contributed by atoms with Gasteiger partial charge in [0, 0.05) is 12.5 Å². The number of aryl methyl sites for hydroxylation is 1. The molecule has 0 bridgehead atoms. The number of rotatable bonds is 6. The lowest BCUT2D eigenvalue weighted by molar-refractivity contribution is -0.119. The molecule has 2 aromatic carbocycles. The Hall–Kier alpha value is -2.71. The van der Waals surface area contributed by atoms with E-state index in [-0.39, 0.29) is 28.7 Å². The summed E-state index contributed by atoms with van der Waals surface area (Å²) in [7, 11) is 2.91. The van der Waals surface area contributed by atoms with Crippen molar-refractivity contribution in [1.82, 2.24) is 5.32 Å². The summed E-state index contributed by atoms with van der Waals surface area (Å²) >= 11 is 6.96. The monoisotopic (exact) mass is 477 g/mol. The van der Waals surface area contributed by atoms with Gasteiger partial charge < -0.3 is 19.5 Å². The van der Waals surface area contributed by atoms with Gasteiger partial charge in [0.05, 0.1) is 25.2 Å². The average Bonchev–Trinajstić information content (AvgIpc) is 3.01. The van der Waals surface area contributed by atoms with E-state index in [0.29, 0.717) is 40.2 Å². The quantitative estimate of drug-likeness (QED) is 0.383. The largest absolute Gasteiger partial charge is 0.496 e. The molecule has 1 N–H and O–H groups in total. The van der Waals surface area contributed by atoms with Crippen molar-refractivity contribution in [3.63, 3.8) is 0 Å². The first kappa shape index (κ1) is 23.9. The van der Waals surface area contributed by atoms with Crippen LogP contribution in [0.3, 0.4) is 0 Å². The Morgan fingerprint density at radius 2 is 1.97 bits per heavy atom. The number of methoxy groups -OCH3 is 2. The van der Waals surface area contributed by atoms with Gasteiger partial charge in [-0.15, -0.1) is 11.8 Å². The molecule has 9 heteroatoms. The van der Waals surface area contributed by atoms with Crippen LogP contribution < -0.4 is 20.2 Å². The van der Waals surface area contributed by atoms with Gasteiger partial charge in [-0.25, -0.2) is 4.79 Å². The minimum atomic E-state index is -0.685. The van der Waals surface area contributed by atoms with Crippen LogP contribution in [0.4, 0.5) is 0 Å². The van der Waals surface area contributed by atoms with Gasteiger partial charge in [-0.2, -0.15) is 0 Å². The van der Waals surface area contributed by atoms with Crippen LogP contribution >= 0.6 is 23.4 Å². The number of fused-ring (bicyclic) bond motifs is 3. The van der Waals surface area contributed by atoms with Crippen LogP contribution in [0.15, 0.2) is 34.0 Å². The third-order valence-electron chi connectivity index (χ3n) is 5.33. The molecule has 0 aliphatic heterocycles. The number of thioether (sulfide) groups is 1. The molecule has 1 aliphatic carbocycles. The van der Waals surface area contributed by atoms with Crippen LogP contribution in [-0.2, 0) is 16.0 Å². The van der Waals surface area contributed by atoms with Crippen LogP contribution in [0, 0.1) is 0 Å². The van der Waals surface area contributed by atoms with Crippen molar-refractivity contribution < 1.29 is 23.8 Å². The van der Waals surface area contributed by atoms with Crippen molar-refractivity contribution >= 4 is 35.2 Å². The van der Waals surface area contributed by atoms with E-state index in [9.17, 15) is 14.4 Å². The van der Waals surface area contributed by atoms with Crippen molar-refractivity contribution in [2.75, 3.05) is 26.5 Å². The number of carbonyl (C=O) groups excluding carboxylic acids is 2. The van der Waals surface area contributed by atoms with E-state index in [1.165, 1.54) is 32.9 Å². The molecular weight excluding hydrogens is 454 g/mol. The lowest BCUT2D eigenvalue weighted by Gasteiger charge is -2.19. The van der Waals surface area contributed by atoms with E-state index in [0.717, 1.165) is 5.56 Å². The van der Waals surface area contributed by atoms with Crippen molar-refractivity contribution in [2.24, 2.45) is 0 Å². The molecule has 0 saturated carbocycles. The van der Waals surface area contributed by atoms with Crippen LogP contribution in [-0.4, -0.2) is 38.4 Å². The maximum Gasteiger partial charge on any atom is 0.346 e. The second-order valence-corrected chi connectivity index (χ2v) is 8.20. The number of carbonyl (C=O) groups is 2. The molecule has 2 aromatic rings. The summed E-state index contributed by atoms with van der Waals surface area (Å²) in [6.07, 6.45) is 2.93. The molecule has 0 spiro atoms. The molecule has 0 saturated heterocycles. The highest BCUT2D eigenvalue weighted by Gasteiger charge is 2.31. The Labute approximate surface area is 195 Å². The van der Waals surface area contributed by atoms with E-state index < -0.39 is 12.0 Å². The van der Waals surface area contributed by atoms with Gasteiger partial charge in [-0.1, -0.05) is 17.7 Å². The first-order valence-corrected chi connectivity index (χ1v) is 11.6. The summed E-state index contributed by atoms with van der Waals surface area (Å²) < 4.78 is 16.2. The number of hydrogen-bond acceptors (Lipinski definition) is 7. The van der Waals surface area contributed by atoms with Crippen LogP contribution in [0.5, 0.6) is 11.5 Å². The van der Waals surface area contributed by atoms with Crippen molar-refractivity contribution in [3.05, 3.63) is 51.2 Å². The summed E-state index contributed by atoms with van der Waals surface area (Å²) in [4.78, 5) is 38.0. The molecule has 0 radical (unpaired) electrons. The average molecular weight is 478 g/mol. The zero-order valence-corrected chi connectivity index (χ0v) is 19.8. The van der Waals surface area contributed by atoms with Gasteiger partial charge in [0.25, 0.3) is 0 Å². The standard InChI is InChI=1S/C23H24ClNO6S/c1-12(26)25-16-7-5-13-9-18(29-2)21(23(28)31-11-24)22(30-3)20(13)14-6-8-19(32-4)17(27)10-15(14)16/h6,8-10,16H,5,7,11H2,1-4H3,(H,25,26). The minimum Gasteiger partial charge on any atom is -0.496 e. The fourth-order valence-corrected chi connectivity index (χ4v) is 4.58. The highest BCUT2D eigenvalue weighted by Crippen LogP contribution is 2.46. The van der Waals surface area contributed by atoms with E-state index in [2.05, 4.69) is 5.32 Å². The molecular formula is C23H24ClNO6S. The topological polar surface area (TPSA) is 90.9 Å². The molecule has 1 unspecified atom stereocenters. The number of amides is 1. The molecule has 3 rings (SSSR count). The Morgan fingerprint density at radius 3 is 2.56 bits per heavy atom. The fourth-order valence-electron chi connectivity index (χ4n) is 4.02. The van der Waals surface area contributed by atoms with Crippen molar-refractivity contribution in [1.29, 1.82) is 0 Å². The number of nitrogens with one attached hydrogen (secondary N) is 1. The molecule has 1 amide bonds.